The predicted octanol–water partition coefficient (Wildman–Crippen LogP) is 1.87. The van der Waals surface area contributed by atoms with Crippen molar-refractivity contribution >= 4 is 17.7 Å². The normalized spacial score (nSPS) is 31.9. The van der Waals surface area contributed by atoms with Crippen LogP contribution in [0.1, 0.15) is 19.3 Å². The molecule has 72 valence electrons. The third-order valence-corrected chi connectivity index (χ3v) is 3.30. The van der Waals surface area contributed by atoms with E-state index in [1.807, 2.05) is 16.6 Å². The number of nitrogens with zero attached hydrogens (tertiary/aromatic N) is 1. The first-order valence-electron chi connectivity index (χ1n) is 4.83. The van der Waals surface area contributed by atoms with Gasteiger partial charge < -0.3 is 4.90 Å². The maximum absolute atomic E-state index is 11.6. The van der Waals surface area contributed by atoms with Crippen LogP contribution in [0.5, 0.6) is 0 Å². The van der Waals surface area contributed by atoms with Gasteiger partial charge in [-0.3, -0.25) is 4.79 Å². The van der Waals surface area contributed by atoms with Gasteiger partial charge in [0, 0.05) is 18.7 Å². The third kappa shape index (κ3) is 1.90. The van der Waals surface area contributed by atoms with Crippen molar-refractivity contribution in [3.05, 3.63) is 11.5 Å². The second kappa shape index (κ2) is 3.74. The summed E-state index contributed by atoms with van der Waals surface area (Å²) in [4.78, 5) is 13.7. The van der Waals surface area contributed by atoms with Gasteiger partial charge in [-0.05, 0) is 36.8 Å². The fraction of sp³-hybridized carbons (Fsp3) is 0.700. The molecule has 0 spiro atoms. The topological polar surface area (TPSA) is 20.3 Å². The fourth-order valence-corrected chi connectivity index (χ4v) is 2.36. The van der Waals surface area contributed by atoms with Crippen LogP contribution in [0.15, 0.2) is 11.5 Å². The van der Waals surface area contributed by atoms with Crippen LogP contribution in [0.3, 0.4) is 0 Å². The van der Waals surface area contributed by atoms with Crippen molar-refractivity contribution in [2.75, 3.05) is 12.8 Å². The Bertz CT molecular complexity index is 239. The average Bonchev–Trinajstić information content (AvgIpc) is 2.92. The van der Waals surface area contributed by atoms with Gasteiger partial charge in [0.2, 0.25) is 5.91 Å². The van der Waals surface area contributed by atoms with Gasteiger partial charge in [-0.25, -0.2) is 0 Å². The van der Waals surface area contributed by atoms with Crippen molar-refractivity contribution in [2.45, 2.75) is 25.3 Å². The molecule has 0 aromatic heterocycles. The zero-order chi connectivity index (χ0) is 9.26. The molecule has 2 fully saturated rings. The molecule has 0 aromatic carbocycles. The number of amides is 1. The Balaban J connectivity index is 1.92. The van der Waals surface area contributed by atoms with Crippen LogP contribution in [0.4, 0.5) is 0 Å². The standard InChI is InChI=1S/C10H15NOS/c1-13-6-4-10(12)11-5-2-3-8-7-9(8)11/h4,6,8-9H,2-3,5,7H2,1H3/b6-4+. The second-order valence-corrected chi connectivity index (χ2v) is 4.52. The Morgan fingerprint density at radius 1 is 1.62 bits per heavy atom. The van der Waals surface area contributed by atoms with Crippen molar-refractivity contribution < 1.29 is 4.79 Å². The van der Waals surface area contributed by atoms with E-state index in [2.05, 4.69) is 0 Å². The molecule has 2 rings (SSSR count). The number of hydrogen-bond acceptors (Lipinski definition) is 2. The van der Waals surface area contributed by atoms with E-state index < -0.39 is 0 Å². The van der Waals surface area contributed by atoms with Gasteiger partial charge in [0.25, 0.3) is 0 Å². The first kappa shape index (κ1) is 9.13. The molecule has 1 aliphatic heterocycles. The van der Waals surface area contributed by atoms with E-state index in [1.54, 1.807) is 17.8 Å². The van der Waals surface area contributed by atoms with E-state index in [0.29, 0.717) is 6.04 Å². The minimum atomic E-state index is 0.210. The molecular formula is C10H15NOS. The molecule has 1 heterocycles. The number of rotatable bonds is 2. The number of carbonyl (C=O) groups is 1. The smallest absolute Gasteiger partial charge is 0.247 e. The van der Waals surface area contributed by atoms with E-state index >= 15 is 0 Å². The minimum Gasteiger partial charge on any atom is -0.336 e. The Labute approximate surface area is 83.4 Å². The third-order valence-electron chi connectivity index (χ3n) is 2.89. The van der Waals surface area contributed by atoms with Crippen LogP contribution in [0, 0.1) is 5.92 Å². The Hall–Kier alpha value is -0.440. The average molecular weight is 197 g/mol. The van der Waals surface area contributed by atoms with Crippen LogP contribution in [0.2, 0.25) is 0 Å². The van der Waals surface area contributed by atoms with Crippen molar-refractivity contribution in [3.63, 3.8) is 0 Å². The lowest BCUT2D eigenvalue weighted by molar-refractivity contribution is -0.127. The highest BCUT2D eigenvalue weighted by molar-refractivity contribution is 8.01. The summed E-state index contributed by atoms with van der Waals surface area (Å²) in [6.45, 7) is 0.971. The second-order valence-electron chi connectivity index (χ2n) is 3.78. The monoisotopic (exact) mass is 197 g/mol. The van der Waals surface area contributed by atoms with Crippen LogP contribution < -0.4 is 0 Å². The highest BCUT2D eigenvalue weighted by Gasteiger charge is 2.45. The van der Waals surface area contributed by atoms with Crippen molar-refractivity contribution in [2.24, 2.45) is 5.92 Å². The minimum absolute atomic E-state index is 0.210. The maximum Gasteiger partial charge on any atom is 0.247 e. The molecule has 0 radical (unpaired) electrons. The van der Waals surface area contributed by atoms with Crippen LogP contribution in [-0.4, -0.2) is 29.6 Å². The number of fused-ring (bicyclic) bond motifs is 1. The molecule has 0 aromatic rings. The maximum atomic E-state index is 11.6. The van der Waals surface area contributed by atoms with Gasteiger partial charge in [0.05, 0.1) is 0 Å². The van der Waals surface area contributed by atoms with E-state index in [-0.39, 0.29) is 5.91 Å². The molecule has 13 heavy (non-hydrogen) atoms. The van der Waals surface area contributed by atoms with E-state index in [9.17, 15) is 4.79 Å². The molecule has 1 saturated heterocycles. The van der Waals surface area contributed by atoms with Crippen molar-refractivity contribution in [1.29, 1.82) is 0 Å². The van der Waals surface area contributed by atoms with E-state index in [4.69, 9.17) is 0 Å². The number of carbonyl (C=O) groups excluding carboxylic acids is 1. The van der Waals surface area contributed by atoms with Gasteiger partial charge in [0.15, 0.2) is 0 Å². The molecule has 2 aliphatic rings. The Morgan fingerprint density at radius 3 is 3.23 bits per heavy atom. The molecular weight excluding hydrogens is 182 g/mol. The highest BCUT2D eigenvalue weighted by atomic mass is 32.2. The summed E-state index contributed by atoms with van der Waals surface area (Å²) in [5.41, 5.74) is 0. The summed E-state index contributed by atoms with van der Waals surface area (Å²) in [5, 5.41) is 1.87. The van der Waals surface area contributed by atoms with Crippen LogP contribution in [-0.2, 0) is 4.79 Å². The predicted molar refractivity (Wildman–Crippen MR) is 55.5 cm³/mol. The molecule has 1 saturated carbocycles. The van der Waals surface area contributed by atoms with Gasteiger partial charge >= 0.3 is 0 Å². The van der Waals surface area contributed by atoms with E-state index in [0.717, 1.165) is 12.5 Å². The summed E-state index contributed by atoms with van der Waals surface area (Å²) in [6.07, 6.45) is 7.45. The first-order chi connectivity index (χ1) is 6.33. The Morgan fingerprint density at radius 2 is 2.46 bits per heavy atom. The van der Waals surface area contributed by atoms with Crippen molar-refractivity contribution in [1.82, 2.24) is 4.90 Å². The number of likely N-dealkylation sites (tertiary alicyclic amines) is 1. The zero-order valence-corrected chi connectivity index (χ0v) is 8.72. The SMILES string of the molecule is CS/C=C/C(=O)N1CCCC2CC21. The summed E-state index contributed by atoms with van der Waals surface area (Å²) in [7, 11) is 0. The molecule has 2 nitrogen and oxygen atoms in total. The van der Waals surface area contributed by atoms with Gasteiger partial charge in [-0.15, -0.1) is 11.8 Å². The Kier molecular flexibility index (Phi) is 2.63. The number of thioether (sulfide) groups is 1. The summed E-state index contributed by atoms with van der Waals surface area (Å²) >= 11 is 1.58. The number of piperidine rings is 1. The lowest BCUT2D eigenvalue weighted by Crippen LogP contribution is -2.36. The fourth-order valence-electron chi connectivity index (χ4n) is 2.11. The quantitative estimate of drug-likeness (QED) is 0.630. The summed E-state index contributed by atoms with van der Waals surface area (Å²) in [5.74, 6) is 1.04. The van der Waals surface area contributed by atoms with Gasteiger partial charge in [-0.1, -0.05) is 0 Å². The van der Waals surface area contributed by atoms with Gasteiger partial charge in [0.1, 0.15) is 0 Å². The molecule has 2 unspecified atom stereocenters. The largest absolute Gasteiger partial charge is 0.336 e. The lowest BCUT2D eigenvalue weighted by atomic mass is 10.1. The van der Waals surface area contributed by atoms with Gasteiger partial charge in [-0.2, -0.15) is 0 Å². The molecule has 1 aliphatic carbocycles. The number of hydrogen-bond donors (Lipinski definition) is 0. The molecule has 1 amide bonds. The molecule has 0 bridgehead atoms. The lowest BCUT2D eigenvalue weighted by Gasteiger charge is -2.25. The summed E-state index contributed by atoms with van der Waals surface area (Å²) in [6, 6.07) is 0.591. The van der Waals surface area contributed by atoms with Crippen LogP contribution in [0.25, 0.3) is 0 Å². The van der Waals surface area contributed by atoms with E-state index in [1.165, 1.54) is 19.3 Å². The van der Waals surface area contributed by atoms with Crippen LogP contribution >= 0.6 is 11.8 Å². The summed E-state index contributed by atoms with van der Waals surface area (Å²) < 4.78 is 0. The highest BCUT2D eigenvalue weighted by Crippen LogP contribution is 2.42. The van der Waals surface area contributed by atoms with Crippen molar-refractivity contribution in [3.8, 4) is 0 Å². The molecule has 2 atom stereocenters. The first-order valence-corrected chi connectivity index (χ1v) is 6.11. The molecule has 3 heteroatoms. The molecule has 0 N–H and O–H groups in total. The zero-order valence-electron chi connectivity index (χ0n) is 7.90.